The number of ether oxygens (including phenoxy) is 2. The molecule has 0 fully saturated rings. The molecule has 0 N–H and O–H groups in total. The van der Waals surface area contributed by atoms with Crippen molar-refractivity contribution in [2.24, 2.45) is 0 Å². The number of benzene rings is 5. The van der Waals surface area contributed by atoms with Crippen LogP contribution in [-0.4, -0.2) is 29.1 Å². The Bertz CT molecular complexity index is 2970. The standard InChI is InChI=1S/C52H44N6O2/c1-5-33(3)42-29-38(31-46-50(42)40-16-7-9-18-44(40)57(46)48-20-11-13-22-53-48)59-36-26-35(52-55-24-15-25-56-52)27-37(28-36)60-39-30-43(34(4)6-2)51-41-17-8-10-19-45(41)58(47(51)32-39)49-21-12-14-23-54-49/h7-34H,5-6H2,1-4H3. The van der Waals surface area contributed by atoms with Gasteiger partial charge in [0.05, 0.1) is 22.1 Å². The molecule has 5 aromatic carbocycles. The molecule has 8 nitrogen and oxygen atoms in total. The molecule has 0 aliphatic rings. The van der Waals surface area contributed by atoms with Gasteiger partial charge in [-0.05, 0) is 103 Å². The summed E-state index contributed by atoms with van der Waals surface area (Å²) in [5.74, 6) is 5.48. The van der Waals surface area contributed by atoms with Gasteiger partial charge in [0, 0.05) is 70.1 Å². The van der Waals surface area contributed by atoms with Gasteiger partial charge in [-0.3, -0.25) is 9.13 Å². The predicted octanol–water partition coefficient (Wildman–Crippen LogP) is 13.7. The zero-order chi connectivity index (χ0) is 40.7. The van der Waals surface area contributed by atoms with Crippen LogP contribution in [0.1, 0.15) is 63.5 Å². The molecular weight excluding hydrogens is 741 g/mol. The fraction of sp³-hybridized carbons (Fsp3) is 0.154. The van der Waals surface area contributed by atoms with Gasteiger partial charge in [0.2, 0.25) is 0 Å². The van der Waals surface area contributed by atoms with Gasteiger partial charge in [0.15, 0.2) is 5.82 Å². The maximum absolute atomic E-state index is 6.93. The Morgan fingerprint density at radius 1 is 0.450 bits per heavy atom. The molecule has 0 bridgehead atoms. The van der Waals surface area contributed by atoms with Crippen molar-refractivity contribution in [1.82, 2.24) is 29.1 Å². The summed E-state index contributed by atoms with van der Waals surface area (Å²) in [6, 6.07) is 45.6. The number of nitrogens with zero attached hydrogens (tertiary/aromatic N) is 6. The largest absolute Gasteiger partial charge is 0.457 e. The van der Waals surface area contributed by atoms with Crippen LogP contribution in [0.2, 0.25) is 0 Å². The Morgan fingerprint density at radius 2 is 0.883 bits per heavy atom. The van der Waals surface area contributed by atoms with Crippen LogP contribution >= 0.6 is 0 Å². The Balaban J connectivity index is 1.14. The molecule has 2 atom stereocenters. The van der Waals surface area contributed by atoms with Gasteiger partial charge in [-0.25, -0.2) is 19.9 Å². The van der Waals surface area contributed by atoms with Gasteiger partial charge < -0.3 is 9.47 Å². The van der Waals surface area contributed by atoms with E-state index in [1.54, 1.807) is 12.4 Å². The Morgan fingerprint density at radius 3 is 1.33 bits per heavy atom. The van der Waals surface area contributed by atoms with Gasteiger partial charge >= 0.3 is 0 Å². The number of para-hydroxylation sites is 2. The summed E-state index contributed by atoms with van der Waals surface area (Å²) in [6.45, 7) is 9.02. The molecule has 0 amide bonds. The molecule has 5 heterocycles. The Labute approximate surface area is 348 Å². The Hall–Kier alpha value is -7.32. The maximum Gasteiger partial charge on any atom is 0.159 e. The highest BCUT2D eigenvalue weighted by molar-refractivity contribution is 6.12. The first-order chi connectivity index (χ1) is 29.5. The van der Waals surface area contributed by atoms with E-state index in [0.29, 0.717) is 17.3 Å². The summed E-state index contributed by atoms with van der Waals surface area (Å²) in [7, 11) is 0. The number of hydrogen-bond acceptors (Lipinski definition) is 6. The van der Waals surface area contributed by atoms with E-state index in [1.807, 2.05) is 60.9 Å². The van der Waals surface area contributed by atoms with Crippen molar-refractivity contribution in [2.45, 2.75) is 52.4 Å². The van der Waals surface area contributed by atoms with Crippen molar-refractivity contribution >= 4 is 43.6 Å². The van der Waals surface area contributed by atoms with Crippen LogP contribution in [-0.2, 0) is 0 Å². The van der Waals surface area contributed by atoms with E-state index in [-0.39, 0.29) is 11.8 Å². The molecule has 10 rings (SSSR count). The summed E-state index contributed by atoms with van der Waals surface area (Å²) in [5, 5.41) is 4.80. The van der Waals surface area contributed by atoms with Crippen LogP contribution in [0, 0.1) is 0 Å². The smallest absolute Gasteiger partial charge is 0.159 e. The Kier molecular flexibility index (Phi) is 9.53. The van der Waals surface area contributed by atoms with Crippen molar-refractivity contribution in [3.05, 3.63) is 169 Å². The van der Waals surface area contributed by atoms with E-state index in [4.69, 9.17) is 19.4 Å². The van der Waals surface area contributed by atoms with Crippen LogP contribution in [0.4, 0.5) is 0 Å². The lowest BCUT2D eigenvalue weighted by atomic mass is 9.93. The zero-order valence-corrected chi connectivity index (χ0v) is 34.1. The minimum atomic E-state index is 0.276. The van der Waals surface area contributed by atoms with E-state index < -0.39 is 0 Å². The van der Waals surface area contributed by atoms with Crippen LogP contribution < -0.4 is 9.47 Å². The third-order valence-corrected chi connectivity index (χ3v) is 11.8. The molecule has 8 heteroatoms. The number of hydrogen-bond donors (Lipinski definition) is 0. The van der Waals surface area contributed by atoms with E-state index in [1.165, 1.54) is 32.7 Å². The highest BCUT2D eigenvalue weighted by Crippen LogP contribution is 2.44. The molecule has 0 radical (unpaired) electrons. The second-order valence-corrected chi connectivity index (χ2v) is 15.5. The SMILES string of the molecule is CCC(C)c1cc(Oc2cc(Oc3cc(C(C)CC)c4c5ccccc5n(-c5ccccn5)c4c3)cc(-c3ncccn3)c2)cc2c1c1ccccc1n2-c1ccccn1. The quantitative estimate of drug-likeness (QED) is 0.130. The fourth-order valence-corrected chi connectivity index (χ4v) is 8.54. The lowest BCUT2D eigenvalue weighted by Crippen LogP contribution is -1.99. The number of pyridine rings is 2. The van der Waals surface area contributed by atoms with Crippen molar-refractivity contribution in [1.29, 1.82) is 0 Å². The number of aromatic nitrogens is 6. The molecule has 0 aliphatic heterocycles. The van der Waals surface area contributed by atoms with E-state index in [2.05, 4.69) is 132 Å². The predicted molar refractivity (Wildman–Crippen MR) is 242 cm³/mol. The summed E-state index contributed by atoms with van der Waals surface area (Å²) in [6.07, 6.45) is 9.13. The normalized spacial score (nSPS) is 12.7. The van der Waals surface area contributed by atoms with Crippen LogP contribution in [0.15, 0.2) is 158 Å². The lowest BCUT2D eigenvalue weighted by Gasteiger charge is -2.17. The maximum atomic E-state index is 6.93. The third-order valence-electron chi connectivity index (χ3n) is 11.8. The van der Waals surface area contributed by atoms with E-state index in [9.17, 15) is 0 Å². The molecule has 10 aromatic rings. The third kappa shape index (κ3) is 6.50. The van der Waals surface area contributed by atoms with Crippen molar-refractivity contribution in [3.63, 3.8) is 0 Å². The highest BCUT2D eigenvalue weighted by atomic mass is 16.5. The summed E-state index contributed by atoms with van der Waals surface area (Å²) < 4.78 is 18.3. The van der Waals surface area contributed by atoms with Gasteiger partial charge in [-0.2, -0.15) is 0 Å². The molecule has 0 spiro atoms. The second kappa shape index (κ2) is 15.5. The number of rotatable bonds is 11. The van der Waals surface area contributed by atoms with E-state index >= 15 is 0 Å². The molecule has 0 saturated heterocycles. The molecule has 2 unspecified atom stereocenters. The van der Waals surface area contributed by atoms with Crippen LogP contribution in [0.25, 0.3) is 66.6 Å². The average Bonchev–Trinajstić information content (AvgIpc) is 3.81. The van der Waals surface area contributed by atoms with Crippen LogP contribution in [0.3, 0.4) is 0 Å². The molecule has 0 saturated carbocycles. The zero-order valence-electron chi connectivity index (χ0n) is 34.1. The van der Waals surface area contributed by atoms with Gasteiger partial charge in [0.1, 0.15) is 34.6 Å². The van der Waals surface area contributed by atoms with Crippen molar-refractivity contribution in [3.8, 4) is 46.0 Å². The van der Waals surface area contributed by atoms with Gasteiger partial charge in [-0.1, -0.05) is 76.2 Å². The summed E-state index contributed by atoms with van der Waals surface area (Å²) >= 11 is 0. The monoisotopic (exact) mass is 784 g/mol. The first-order valence-electron chi connectivity index (χ1n) is 20.7. The van der Waals surface area contributed by atoms with Crippen molar-refractivity contribution in [2.75, 3.05) is 0 Å². The van der Waals surface area contributed by atoms with Crippen LogP contribution in [0.5, 0.6) is 23.0 Å². The minimum absolute atomic E-state index is 0.276. The summed E-state index contributed by atoms with van der Waals surface area (Å²) in [5.41, 5.74) is 7.50. The van der Waals surface area contributed by atoms with Gasteiger partial charge in [-0.15, -0.1) is 0 Å². The number of fused-ring (bicyclic) bond motifs is 6. The first kappa shape index (κ1) is 37.0. The first-order valence-corrected chi connectivity index (χ1v) is 20.7. The second-order valence-electron chi connectivity index (χ2n) is 15.5. The topological polar surface area (TPSA) is 79.9 Å². The molecule has 60 heavy (non-hydrogen) atoms. The molecular formula is C52H44N6O2. The van der Waals surface area contributed by atoms with Crippen molar-refractivity contribution < 1.29 is 9.47 Å². The fourth-order valence-electron chi connectivity index (χ4n) is 8.54. The van der Waals surface area contributed by atoms with E-state index in [0.717, 1.165) is 63.6 Å². The lowest BCUT2D eigenvalue weighted by molar-refractivity contribution is 0.460. The molecule has 294 valence electrons. The minimum Gasteiger partial charge on any atom is -0.457 e. The van der Waals surface area contributed by atoms with Gasteiger partial charge in [0.25, 0.3) is 0 Å². The molecule has 0 aliphatic carbocycles. The molecule has 5 aromatic heterocycles. The average molecular weight is 785 g/mol. The summed E-state index contributed by atoms with van der Waals surface area (Å²) in [4.78, 5) is 18.8. The highest BCUT2D eigenvalue weighted by Gasteiger charge is 2.23.